The van der Waals surface area contributed by atoms with Crippen LogP contribution in [0.3, 0.4) is 0 Å². The first-order valence-corrected chi connectivity index (χ1v) is 7.84. The van der Waals surface area contributed by atoms with Crippen LogP contribution in [0, 0.1) is 0 Å². The van der Waals surface area contributed by atoms with Crippen molar-refractivity contribution in [3.63, 3.8) is 0 Å². The summed E-state index contributed by atoms with van der Waals surface area (Å²) in [6, 6.07) is 4.92. The maximum atomic E-state index is 11.8. The number of benzene rings is 1. The van der Waals surface area contributed by atoms with Crippen molar-refractivity contribution >= 4 is 29.1 Å². The minimum absolute atomic E-state index is 0.121. The van der Waals surface area contributed by atoms with Crippen LogP contribution in [0.15, 0.2) is 18.2 Å². The summed E-state index contributed by atoms with van der Waals surface area (Å²) in [4.78, 5) is 23.2. The summed E-state index contributed by atoms with van der Waals surface area (Å²) in [5.74, 6) is 5.02. The number of nitrogen functional groups attached to an aromatic ring is 2. The van der Waals surface area contributed by atoms with Gasteiger partial charge in [0, 0.05) is 18.7 Å². The smallest absolute Gasteiger partial charge is 0.407 e. The second-order valence-electron chi connectivity index (χ2n) is 5.67. The molecule has 1 aromatic rings. The maximum absolute atomic E-state index is 11.8. The number of hydrogen-bond acceptors (Lipinski definition) is 6. The second kappa shape index (κ2) is 10.3. The van der Waals surface area contributed by atoms with Crippen LogP contribution in [-0.4, -0.2) is 24.1 Å². The highest BCUT2D eigenvalue weighted by atomic mass is 16.6. The third-order valence-electron chi connectivity index (χ3n) is 2.51. The van der Waals surface area contributed by atoms with Gasteiger partial charge in [-0.3, -0.25) is 10.6 Å². The number of ether oxygens (including phenoxy) is 1. The topological polar surface area (TPSA) is 132 Å². The molecule has 0 aromatic heterocycles. The highest BCUT2D eigenvalue weighted by Gasteiger charge is 2.15. The molecule has 1 aromatic carbocycles. The van der Waals surface area contributed by atoms with Crippen molar-refractivity contribution in [2.75, 3.05) is 23.0 Å². The summed E-state index contributed by atoms with van der Waals surface area (Å²) < 4.78 is 5.06. The molecule has 0 aliphatic carbocycles. The van der Waals surface area contributed by atoms with Gasteiger partial charge in [0.1, 0.15) is 5.60 Å². The van der Waals surface area contributed by atoms with Crippen LogP contribution in [-0.2, 0) is 9.53 Å². The van der Waals surface area contributed by atoms with Crippen molar-refractivity contribution < 1.29 is 14.3 Å². The molecule has 1 rings (SSSR count). The predicted octanol–water partition coefficient (Wildman–Crippen LogP) is 2.43. The number of hydrogen-bond donors (Lipinski definition) is 5. The Hall–Kier alpha value is -2.48. The van der Waals surface area contributed by atoms with E-state index in [9.17, 15) is 9.59 Å². The van der Waals surface area contributed by atoms with Gasteiger partial charge in [0.05, 0.1) is 11.4 Å². The minimum atomic E-state index is -0.567. The molecule has 8 heteroatoms. The number of amides is 2. The molecule has 0 radical (unpaired) electrons. The zero-order chi connectivity index (χ0) is 18.8. The standard InChI is InChI=1S/C14H23N5O3.C2H6/c1-14(2,3)22-13(21)17-7-6-12(20)18-9-4-5-11(19-16)10(15)8-9;1-2/h4-5,8,19H,6-7,15-16H2,1-3H3,(H,17,21)(H,18,20);1-2H3. The molecule has 8 nitrogen and oxygen atoms in total. The van der Waals surface area contributed by atoms with E-state index in [0.29, 0.717) is 17.1 Å². The molecule has 0 heterocycles. The Bertz CT molecular complexity index is 541. The van der Waals surface area contributed by atoms with Crippen LogP contribution in [0.1, 0.15) is 41.0 Å². The minimum Gasteiger partial charge on any atom is -0.444 e. The van der Waals surface area contributed by atoms with E-state index in [-0.39, 0.29) is 18.9 Å². The number of nitrogens with one attached hydrogen (secondary N) is 3. The molecule has 0 aliphatic heterocycles. The number of alkyl carbamates (subject to hydrolysis) is 1. The van der Waals surface area contributed by atoms with Gasteiger partial charge in [-0.15, -0.1) is 0 Å². The molecule has 2 amide bonds. The van der Waals surface area contributed by atoms with E-state index in [0.717, 1.165) is 0 Å². The van der Waals surface area contributed by atoms with E-state index in [1.54, 1.807) is 39.0 Å². The predicted molar refractivity (Wildman–Crippen MR) is 97.5 cm³/mol. The molecule has 0 unspecified atom stereocenters. The van der Waals surface area contributed by atoms with E-state index in [1.165, 1.54) is 0 Å². The van der Waals surface area contributed by atoms with Crippen molar-refractivity contribution in [2.45, 2.75) is 46.6 Å². The quantitative estimate of drug-likeness (QED) is 0.318. The van der Waals surface area contributed by atoms with Gasteiger partial charge in [-0.2, -0.15) is 0 Å². The van der Waals surface area contributed by atoms with E-state index in [2.05, 4.69) is 16.1 Å². The zero-order valence-electron chi connectivity index (χ0n) is 15.0. The summed E-state index contributed by atoms with van der Waals surface area (Å²) in [5, 5.41) is 5.19. The van der Waals surface area contributed by atoms with Crippen molar-refractivity contribution in [1.82, 2.24) is 5.32 Å². The fourth-order valence-corrected chi connectivity index (χ4v) is 1.59. The maximum Gasteiger partial charge on any atom is 0.407 e. The molecule has 0 atom stereocenters. The van der Waals surface area contributed by atoms with Gasteiger partial charge >= 0.3 is 6.09 Å². The zero-order valence-corrected chi connectivity index (χ0v) is 15.0. The SMILES string of the molecule is CC.CC(C)(C)OC(=O)NCCC(=O)Nc1ccc(NN)c(N)c1. The van der Waals surface area contributed by atoms with Crippen LogP contribution in [0.2, 0.25) is 0 Å². The van der Waals surface area contributed by atoms with E-state index in [1.807, 2.05) is 13.8 Å². The van der Waals surface area contributed by atoms with Gasteiger partial charge in [0.25, 0.3) is 0 Å². The molecule has 0 fully saturated rings. The monoisotopic (exact) mass is 339 g/mol. The normalized spacial score (nSPS) is 10.1. The average molecular weight is 339 g/mol. The fraction of sp³-hybridized carbons (Fsp3) is 0.500. The van der Waals surface area contributed by atoms with Crippen LogP contribution in [0.4, 0.5) is 21.9 Å². The molecule has 0 bridgehead atoms. The Labute approximate surface area is 143 Å². The molecule has 24 heavy (non-hydrogen) atoms. The van der Waals surface area contributed by atoms with Gasteiger partial charge in [-0.1, -0.05) is 13.8 Å². The van der Waals surface area contributed by atoms with Gasteiger partial charge in [-0.05, 0) is 39.0 Å². The number of hydrazine groups is 1. The van der Waals surface area contributed by atoms with Gasteiger partial charge in [-0.25, -0.2) is 4.79 Å². The Morgan fingerprint density at radius 2 is 1.83 bits per heavy atom. The lowest BCUT2D eigenvalue weighted by molar-refractivity contribution is -0.116. The van der Waals surface area contributed by atoms with Crippen LogP contribution in [0.25, 0.3) is 0 Å². The molecule has 7 N–H and O–H groups in total. The Morgan fingerprint density at radius 3 is 2.33 bits per heavy atom. The van der Waals surface area contributed by atoms with E-state index >= 15 is 0 Å². The van der Waals surface area contributed by atoms with Crippen LogP contribution < -0.4 is 27.6 Å². The number of nitrogens with two attached hydrogens (primary N) is 2. The molecule has 0 saturated heterocycles. The highest BCUT2D eigenvalue weighted by Crippen LogP contribution is 2.21. The van der Waals surface area contributed by atoms with Crippen molar-refractivity contribution in [2.24, 2.45) is 5.84 Å². The lowest BCUT2D eigenvalue weighted by Gasteiger charge is -2.19. The molecular formula is C16H29N5O3. The number of carbonyl (C=O) groups excluding carboxylic acids is 2. The van der Waals surface area contributed by atoms with E-state index in [4.69, 9.17) is 16.3 Å². The molecular weight excluding hydrogens is 310 g/mol. The first-order chi connectivity index (χ1) is 11.2. The largest absolute Gasteiger partial charge is 0.444 e. The van der Waals surface area contributed by atoms with Gasteiger partial charge in [0.2, 0.25) is 5.91 Å². The summed E-state index contributed by atoms with van der Waals surface area (Å²) in [5.41, 5.74) is 9.17. The highest BCUT2D eigenvalue weighted by molar-refractivity contribution is 5.92. The van der Waals surface area contributed by atoms with E-state index < -0.39 is 11.7 Å². The molecule has 0 aliphatic rings. The lowest BCUT2D eigenvalue weighted by Crippen LogP contribution is -2.34. The molecule has 136 valence electrons. The third-order valence-corrected chi connectivity index (χ3v) is 2.51. The number of anilines is 3. The summed E-state index contributed by atoms with van der Waals surface area (Å²) in [7, 11) is 0. The summed E-state index contributed by atoms with van der Waals surface area (Å²) in [6.07, 6.45) is -0.432. The van der Waals surface area contributed by atoms with Gasteiger partial charge in [0.15, 0.2) is 0 Å². The fourth-order valence-electron chi connectivity index (χ4n) is 1.59. The molecule has 0 saturated carbocycles. The first-order valence-electron chi connectivity index (χ1n) is 7.84. The van der Waals surface area contributed by atoms with Crippen LogP contribution >= 0.6 is 0 Å². The van der Waals surface area contributed by atoms with Crippen molar-refractivity contribution in [1.29, 1.82) is 0 Å². The summed E-state index contributed by atoms with van der Waals surface area (Å²) >= 11 is 0. The number of rotatable bonds is 5. The van der Waals surface area contributed by atoms with Crippen LogP contribution in [0.5, 0.6) is 0 Å². The Morgan fingerprint density at radius 1 is 1.21 bits per heavy atom. The second-order valence-corrected chi connectivity index (χ2v) is 5.67. The lowest BCUT2D eigenvalue weighted by atomic mass is 10.2. The van der Waals surface area contributed by atoms with Crippen molar-refractivity contribution in [3.8, 4) is 0 Å². The first kappa shape index (κ1) is 21.5. The van der Waals surface area contributed by atoms with Gasteiger partial charge < -0.3 is 26.5 Å². The Balaban J connectivity index is 0.00000254. The molecule has 0 spiro atoms. The third kappa shape index (κ3) is 8.84. The van der Waals surface area contributed by atoms with Crippen molar-refractivity contribution in [3.05, 3.63) is 18.2 Å². The Kier molecular flexibility index (Phi) is 9.26. The summed E-state index contributed by atoms with van der Waals surface area (Å²) in [6.45, 7) is 9.48. The average Bonchev–Trinajstić information content (AvgIpc) is 2.47. The number of carbonyl (C=O) groups is 2.